The topological polar surface area (TPSA) is 29.3 Å². The molecule has 2 nitrogen and oxygen atoms in total. The van der Waals surface area contributed by atoms with Crippen LogP contribution in [0.1, 0.15) is 30.9 Å². The monoisotopic (exact) mass is 204 g/mol. The molecule has 1 unspecified atom stereocenters. The van der Waals surface area contributed by atoms with Crippen LogP contribution in [0.2, 0.25) is 0 Å². The minimum atomic E-state index is 0.642. The Hall–Kier alpha value is -0.860. The van der Waals surface area contributed by atoms with Gasteiger partial charge in [0, 0.05) is 19.1 Å². The molecule has 1 aliphatic heterocycles. The molecule has 2 rings (SSSR count). The van der Waals surface area contributed by atoms with E-state index in [4.69, 9.17) is 5.73 Å². The molecule has 1 heterocycles. The van der Waals surface area contributed by atoms with Gasteiger partial charge in [0.25, 0.3) is 0 Å². The van der Waals surface area contributed by atoms with E-state index >= 15 is 0 Å². The maximum absolute atomic E-state index is 5.64. The summed E-state index contributed by atoms with van der Waals surface area (Å²) in [5.41, 5.74) is 8.27. The van der Waals surface area contributed by atoms with Crippen LogP contribution < -0.4 is 5.73 Å². The Bertz CT molecular complexity index is 322. The van der Waals surface area contributed by atoms with Gasteiger partial charge in [0.2, 0.25) is 0 Å². The number of benzene rings is 1. The minimum Gasteiger partial charge on any atom is -0.326 e. The van der Waals surface area contributed by atoms with Gasteiger partial charge in [-0.3, -0.25) is 4.90 Å². The highest BCUT2D eigenvalue weighted by molar-refractivity contribution is 5.23. The van der Waals surface area contributed by atoms with Crippen molar-refractivity contribution in [2.24, 2.45) is 5.73 Å². The smallest absolute Gasteiger partial charge is 0.0236 e. The molecule has 0 amide bonds. The van der Waals surface area contributed by atoms with E-state index in [1.165, 1.54) is 30.5 Å². The molecule has 0 aliphatic carbocycles. The Kier molecular flexibility index (Phi) is 3.39. The molecule has 0 spiro atoms. The first-order chi connectivity index (χ1) is 7.29. The van der Waals surface area contributed by atoms with Gasteiger partial charge in [-0.2, -0.15) is 0 Å². The van der Waals surface area contributed by atoms with Gasteiger partial charge in [0.1, 0.15) is 0 Å². The molecule has 1 atom stereocenters. The third kappa shape index (κ3) is 2.58. The minimum absolute atomic E-state index is 0.642. The average Bonchev–Trinajstić information content (AvgIpc) is 2.65. The molecule has 0 bridgehead atoms. The number of rotatable bonds is 3. The predicted molar refractivity (Wildman–Crippen MR) is 63.4 cm³/mol. The molecular weight excluding hydrogens is 184 g/mol. The lowest BCUT2D eigenvalue weighted by Crippen LogP contribution is -2.26. The van der Waals surface area contributed by atoms with Gasteiger partial charge < -0.3 is 5.73 Å². The van der Waals surface area contributed by atoms with Crippen molar-refractivity contribution in [1.82, 2.24) is 4.90 Å². The van der Waals surface area contributed by atoms with Gasteiger partial charge in [0.15, 0.2) is 0 Å². The van der Waals surface area contributed by atoms with Gasteiger partial charge in [-0.25, -0.2) is 0 Å². The Labute approximate surface area is 92.1 Å². The summed E-state index contributed by atoms with van der Waals surface area (Å²) in [4.78, 5) is 2.55. The second-order valence-corrected chi connectivity index (χ2v) is 4.49. The predicted octanol–water partition coefficient (Wildman–Crippen LogP) is 2.13. The fourth-order valence-electron chi connectivity index (χ4n) is 2.32. The number of hydrogen-bond donors (Lipinski definition) is 1. The maximum Gasteiger partial charge on any atom is 0.0236 e. The van der Waals surface area contributed by atoms with Crippen LogP contribution in [-0.4, -0.2) is 17.5 Å². The summed E-state index contributed by atoms with van der Waals surface area (Å²) in [5.74, 6) is 0. The fourth-order valence-corrected chi connectivity index (χ4v) is 2.32. The highest BCUT2D eigenvalue weighted by Gasteiger charge is 2.19. The molecule has 1 aromatic carbocycles. The Balaban J connectivity index is 2.03. The van der Waals surface area contributed by atoms with E-state index in [9.17, 15) is 0 Å². The van der Waals surface area contributed by atoms with E-state index in [1.54, 1.807) is 0 Å². The molecule has 82 valence electrons. The molecule has 1 aliphatic rings. The second-order valence-electron chi connectivity index (χ2n) is 4.49. The van der Waals surface area contributed by atoms with E-state index in [1.807, 2.05) is 0 Å². The zero-order chi connectivity index (χ0) is 10.7. The molecule has 0 radical (unpaired) electrons. The SMILES string of the molecule is CC1CCCN1Cc1cccc(CN)c1. The normalized spacial score (nSPS) is 22.1. The van der Waals surface area contributed by atoms with Crippen LogP contribution in [0.3, 0.4) is 0 Å². The van der Waals surface area contributed by atoms with Crippen molar-refractivity contribution in [1.29, 1.82) is 0 Å². The van der Waals surface area contributed by atoms with Crippen molar-refractivity contribution in [3.05, 3.63) is 35.4 Å². The number of hydrogen-bond acceptors (Lipinski definition) is 2. The zero-order valence-electron chi connectivity index (χ0n) is 9.45. The summed E-state index contributed by atoms with van der Waals surface area (Å²) in [6, 6.07) is 9.37. The van der Waals surface area contributed by atoms with Crippen LogP contribution in [0.5, 0.6) is 0 Å². The first-order valence-corrected chi connectivity index (χ1v) is 5.81. The lowest BCUT2D eigenvalue weighted by atomic mass is 10.1. The van der Waals surface area contributed by atoms with E-state index in [2.05, 4.69) is 36.1 Å². The van der Waals surface area contributed by atoms with Gasteiger partial charge in [-0.05, 0) is 37.4 Å². The highest BCUT2D eigenvalue weighted by atomic mass is 15.2. The van der Waals surface area contributed by atoms with Crippen molar-refractivity contribution < 1.29 is 0 Å². The summed E-state index contributed by atoms with van der Waals surface area (Å²) in [7, 11) is 0. The van der Waals surface area contributed by atoms with Crippen LogP contribution in [-0.2, 0) is 13.1 Å². The lowest BCUT2D eigenvalue weighted by molar-refractivity contribution is 0.260. The summed E-state index contributed by atoms with van der Waals surface area (Å²) in [6.07, 6.45) is 2.69. The van der Waals surface area contributed by atoms with Crippen LogP contribution in [0.25, 0.3) is 0 Å². The number of nitrogens with zero attached hydrogens (tertiary/aromatic N) is 1. The molecule has 2 N–H and O–H groups in total. The zero-order valence-corrected chi connectivity index (χ0v) is 9.45. The van der Waals surface area contributed by atoms with Crippen molar-refractivity contribution in [3.63, 3.8) is 0 Å². The number of nitrogens with two attached hydrogens (primary N) is 1. The van der Waals surface area contributed by atoms with Gasteiger partial charge >= 0.3 is 0 Å². The molecule has 0 aromatic heterocycles. The Morgan fingerprint density at radius 1 is 1.40 bits per heavy atom. The van der Waals surface area contributed by atoms with E-state index in [0.717, 1.165) is 12.6 Å². The molecule has 1 fully saturated rings. The van der Waals surface area contributed by atoms with E-state index in [0.29, 0.717) is 6.54 Å². The van der Waals surface area contributed by atoms with Crippen LogP contribution in [0.15, 0.2) is 24.3 Å². The van der Waals surface area contributed by atoms with Crippen molar-refractivity contribution in [2.45, 2.75) is 38.9 Å². The van der Waals surface area contributed by atoms with Crippen LogP contribution >= 0.6 is 0 Å². The summed E-state index contributed by atoms with van der Waals surface area (Å²) in [5, 5.41) is 0. The Morgan fingerprint density at radius 3 is 2.87 bits per heavy atom. The summed E-state index contributed by atoms with van der Waals surface area (Å²) < 4.78 is 0. The molecule has 1 aromatic rings. The third-order valence-corrected chi connectivity index (χ3v) is 3.30. The average molecular weight is 204 g/mol. The molecule has 2 heteroatoms. The quantitative estimate of drug-likeness (QED) is 0.817. The number of likely N-dealkylation sites (tertiary alicyclic amines) is 1. The van der Waals surface area contributed by atoms with Crippen molar-refractivity contribution in [3.8, 4) is 0 Å². The third-order valence-electron chi connectivity index (χ3n) is 3.30. The van der Waals surface area contributed by atoms with Crippen LogP contribution in [0, 0.1) is 0 Å². The van der Waals surface area contributed by atoms with Gasteiger partial charge in [-0.1, -0.05) is 24.3 Å². The summed E-state index contributed by atoms with van der Waals surface area (Å²) >= 11 is 0. The first-order valence-electron chi connectivity index (χ1n) is 5.81. The van der Waals surface area contributed by atoms with E-state index < -0.39 is 0 Å². The molecule has 0 saturated carbocycles. The molecular formula is C13H20N2. The van der Waals surface area contributed by atoms with Crippen LogP contribution in [0.4, 0.5) is 0 Å². The highest BCUT2D eigenvalue weighted by Crippen LogP contribution is 2.19. The fraction of sp³-hybridized carbons (Fsp3) is 0.538. The first kappa shape index (κ1) is 10.7. The van der Waals surface area contributed by atoms with Crippen molar-refractivity contribution >= 4 is 0 Å². The Morgan fingerprint density at radius 2 is 2.20 bits per heavy atom. The largest absolute Gasteiger partial charge is 0.326 e. The summed E-state index contributed by atoms with van der Waals surface area (Å²) in [6.45, 7) is 5.28. The lowest BCUT2D eigenvalue weighted by Gasteiger charge is -2.21. The molecule has 1 saturated heterocycles. The maximum atomic E-state index is 5.64. The van der Waals surface area contributed by atoms with E-state index in [-0.39, 0.29) is 0 Å². The standard InChI is InChI=1S/C13H20N2/c1-11-4-3-7-15(11)10-13-6-2-5-12(8-13)9-14/h2,5-6,8,11H,3-4,7,9-10,14H2,1H3. The van der Waals surface area contributed by atoms with Gasteiger partial charge in [0.05, 0.1) is 0 Å². The van der Waals surface area contributed by atoms with Gasteiger partial charge in [-0.15, -0.1) is 0 Å². The second kappa shape index (κ2) is 4.77. The van der Waals surface area contributed by atoms with Crippen molar-refractivity contribution in [2.75, 3.05) is 6.54 Å². The molecule has 15 heavy (non-hydrogen) atoms.